The first-order chi connectivity index (χ1) is 6.38. The molecule has 0 radical (unpaired) electrons. The molecule has 1 saturated carbocycles. The zero-order chi connectivity index (χ0) is 9.10. The van der Waals surface area contributed by atoms with E-state index in [0.717, 1.165) is 24.8 Å². The number of hydrogen-bond acceptors (Lipinski definition) is 3. The SMILES string of the molecule is OCc1ccc(CNCC2CC2)o1. The molecule has 1 aromatic heterocycles. The van der Waals surface area contributed by atoms with Gasteiger partial charge in [-0.2, -0.15) is 0 Å². The zero-order valence-corrected chi connectivity index (χ0v) is 7.62. The second kappa shape index (κ2) is 3.94. The first kappa shape index (κ1) is 8.78. The largest absolute Gasteiger partial charge is 0.462 e. The van der Waals surface area contributed by atoms with Crippen LogP contribution in [-0.4, -0.2) is 11.7 Å². The molecule has 0 bridgehead atoms. The maximum absolute atomic E-state index is 8.76. The standard InChI is InChI=1S/C10H15NO2/c12-7-10-4-3-9(13-10)6-11-5-8-1-2-8/h3-4,8,11-12H,1-2,5-7H2. The van der Waals surface area contributed by atoms with Crippen molar-refractivity contribution in [1.29, 1.82) is 0 Å². The van der Waals surface area contributed by atoms with E-state index in [-0.39, 0.29) is 6.61 Å². The Kier molecular flexibility index (Phi) is 2.66. The minimum absolute atomic E-state index is 0.0113. The maximum atomic E-state index is 8.76. The minimum Gasteiger partial charge on any atom is -0.462 e. The summed E-state index contributed by atoms with van der Waals surface area (Å²) in [5.41, 5.74) is 0. The van der Waals surface area contributed by atoms with Gasteiger partial charge in [0.25, 0.3) is 0 Å². The van der Waals surface area contributed by atoms with Crippen molar-refractivity contribution in [2.24, 2.45) is 5.92 Å². The van der Waals surface area contributed by atoms with Gasteiger partial charge in [-0.05, 0) is 37.4 Å². The van der Waals surface area contributed by atoms with Crippen molar-refractivity contribution in [2.45, 2.75) is 26.0 Å². The lowest BCUT2D eigenvalue weighted by Gasteiger charge is -1.99. The van der Waals surface area contributed by atoms with E-state index in [1.54, 1.807) is 0 Å². The van der Waals surface area contributed by atoms with Crippen LogP contribution in [0.15, 0.2) is 16.5 Å². The summed E-state index contributed by atoms with van der Waals surface area (Å²) in [6, 6.07) is 3.72. The summed E-state index contributed by atoms with van der Waals surface area (Å²) in [6.07, 6.45) is 2.74. The maximum Gasteiger partial charge on any atom is 0.129 e. The van der Waals surface area contributed by atoms with E-state index in [1.165, 1.54) is 12.8 Å². The average Bonchev–Trinajstić information content (AvgIpc) is 2.84. The molecule has 2 N–H and O–H groups in total. The Morgan fingerprint density at radius 3 is 2.77 bits per heavy atom. The summed E-state index contributed by atoms with van der Waals surface area (Å²) in [5, 5.41) is 12.1. The van der Waals surface area contributed by atoms with Gasteiger partial charge in [-0.3, -0.25) is 0 Å². The third-order valence-electron chi connectivity index (χ3n) is 2.30. The summed E-state index contributed by atoms with van der Waals surface area (Å²) >= 11 is 0. The van der Waals surface area contributed by atoms with E-state index < -0.39 is 0 Å². The number of aliphatic hydroxyl groups excluding tert-OH is 1. The number of aliphatic hydroxyl groups is 1. The molecule has 3 nitrogen and oxygen atoms in total. The predicted molar refractivity (Wildman–Crippen MR) is 49.1 cm³/mol. The van der Waals surface area contributed by atoms with Gasteiger partial charge in [0.05, 0.1) is 6.54 Å². The molecule has 1 fully saturated rings. The first-order valence-corrected chi connectivity index (χ1v) is 4.77. The summed E-state index contributed by atoms with van der Waals surface area (Å²) < 4.78 is 5.32. The van der Waals surface area contributed by atoms with Crippen LogP contribution in [0.5, 0.6) is 0 Å². The quantitative estimate of drug-likeness (QED) is 0.719. The summed E-state index contributed by atoms with van der Waals surface area (Å²) in [4.78, 5) is 0. The van der Waals surface area contributed by atoms with E-state index in [0.29, 0.717) is 5.76 Å². The van der Waals surface area contributed by atoms with Crippen molar-refractivity contribution in [3.63, 3.8) is 0 Å². The molecule has 0 spiro atoms. The molecule has 0 atom stereocenters. The molecule has 13 heavy (non-hydrogen) atoms. The molecule has 1 aliphatic rings. The molecule has 0 unspecified atom stereocenters. The lowest BCUT2D eigenvalue weighted by Crippen LogP contribution is -2.15. The van der Waals surface area contributed by atoms with Crippen molar-refractivity contribution in [3.05, 3.63) is 23.7 Å². The van der Waals surface area contributed by atoms with E-state index in [2.05, 4.69) is 5.32 Å². The molecule has 0 aromatic carbocycles. The zero-order valence-electron chi connectivity index (χ0n) is 7.62. The molecule has 1 aromatic rings. The Hall–Kier alpha value is -0.800. The van der Waals surface area contributed by atoms with Crippen molar-refractivity contribution in [2.75, 3.05) is 6.54 Å². The Morgan fingerprint density at radius 1 is 1.38 bits per heavy atom. The lowest BCUT2D eigenvalue weighted by molar-refractivity contribution is 0.242. The van der Waals surface area contributed by atoms with Gasteiger partial charge < -0.3 is 14.8 Å². The van der Waals surface area contributed by atoms with Crippen molar-refractivity contribution >= 4 is 0 Å². The highest BCUT2D eigenvalue weighted by molar-refractivity contribution is 5.06. The summed E-state index contributed by atoms with van der Waals surface area (Å²) in [7, 11) is 0. The normalized spacial score (nSPS) is 16.4. The fraction of sp³-hybridized carbons (Fsp3) is 0.600. The highest BCUT2D eigenvalue weighted by Crippen LogP contribution is 2.27. The second-order valence-electron chi connectivity index (χ2n) is 3.60. The number of hydrogen-bond donors (Lipinski definition) is 2. The van der Waals surface area contributed by atoms with Crippen molar-refractivity contribution in [1.82, 2.24) is 5.32 Å². The third kappa shape index (κ3) is 2.57. The highest BCUT2D eigenvalue weighted by Gasteiger charge is 2.20. The third-order valence-corrected chi connectivity index (χ3v) is 2.30. The monoisotopic (exact) mass is 181 g/mol. The van der Waals surface area contributed by atoms with Crippen LogP contribution in [0.1, 0.15) is 24.4 Å². The van der Waals surface area contributed by atoms with Gasteiger partial charge >= 0.3 is 0 Å². The smallest absolute Gasteiger partial charge is 0.129 e. The average molecular weight is 181 g/mol. The van der Waals surface area contributed by atoms with Gasteiger partial charge in [-0.25, -0.2) is 0 Å². The molecule has 0 saturated heterocycles. The molecular formula is C10H15NO2. The molecular weight excluding hydrogens is 166 g/mol. The molecule has 1 aliphatic carbocycles. The van der Waals surface area contributed by atoms with Crippen LogP contribution in [0.25, 0.3) is 0 Å². The van der Waals surface area contributed by atoms with Crippen LogP contribution in [0.3, 0.4) is 0 Å². The van der Waals surface area contributed by atoms with Crippen LogP contribution in [0, 0.1) is 5.92 Å². The fourth-order valence-corrected chi connectivity index (χ4v) is 1.32. The van der Waals surface area contributed by atoms with Gasteiger partial charge in [0.1, 0.15) is 18.1 Å². The first-order valence-electron chi connectivity index (χ1n) is 4.77. The fourth-order valence-electron chi connectivity index (χ4n) is 1.32. The van der Waals surface area contributed by atoms with Crippen LogP contribution in [-0.2, 0) is 13.2 Å². The molecule has 0 aliphatic heterocycles. The van der Waals surface area contributed by atoms with Crippen molar-refractivity contribution in [3.8, 4) is 0 Å². The Balaban J connectivity index is 1.72. The van der Waals surface area contributed by atoms with Gasteiger partial charge in [0.2, 0.25) is 0 Å². The summed E-state index contributed by atoms with van der Waals surface area (Å²) in [6.45, 7) is 1.86. The topological polar surface area (TPSA) is 45.4 Å². The predicted octanol–water partition coefficient (Wildman–Crippen LogP) is 1.27. The van der Waals surface area contributed by atoms with Crippen LogP contribution >= 0.6 is 0 Å². The number of nitrogens with one attached hydrogen (secondary N) is 1. The molecule has 3 heteroatoms. The second-order valence-corrected chi connectivity index (χ2v) is 3.60. The number of rotatable bonds is 5. The van der Waals surface area contributed by atoms with E-state index >= 15 is 0 Å². The van der Waals surface area contributed by atoms with E-state index in [1.807, 2.05) is 12.1 Å². The number of furan rings is 1. The van der Waals surface area contributed by atoms with Crippen LogP contribution < -0.4 is 5.32 Å². The van der Waals surface area contributed by atoms with Gasteiger partial charge in [-0.1, -0.05) is 0 Å². The van der Waals surface area contributed by atoms with Gasteiger partial charge in [-0.15, -0.1) is 0 Å². The van der Waals surface area contributed by atoms with Gasteiger partial charge in [0.15, 0.2) is 0 Å². The highest BCUT2D eigenvalue weighted by atomic mass is 16.4. The molecule has 0 amide bonds. The summed E-state index contributed by atoms with van der Waals surface area (Å²) in [5.74, 6) is 2.44. The minimum atomic E-state index is -0.0113. The molecule has 1 heterocycles. The Bertz CT molecular complexity index is 266. The van der Waals surface area contributed by atoms with Crippen LogP contribution in [0.2, 0.25) is 0 Å². The van der Waals surface area contributed by atoms with Crippen LogP contribution in [0.4, 0.5) is 0 Å². The molecule has 72 valence electrons. The molecule has 2 rings (SSSR count). The Labute approximate surface area is 77.8 Å². The Morgan fingerprint density at radius 2 is 2.15 bits per heavy atom. The van der Waals surface area contributed by atoms with E-state index in [4.69, 9.17) is 9.52 Å². The van der Waals surface area contributed by atoms with Gasteiger partial charge in [0, 0.05) is 0 Å². The van der Waals surface area contributed by atoms with E-state index in [9.17, 15) is 0 Å². The lowest BCUT2D eigenvalue weighted by atomic mass is 10.4. The van der Waals surface area contributed by atoms with Crippen molar-refractivity contribution < 1.29 is 9.52 Å².